The molecule has 1 saturated carbocycles. The van der Waals surface area contributed by atoms with Gasteiger partial charge in [0.25, 0.3) is 0 Å². The van der Waals surface area contributed by atoms with E-state index < -0.39 is 0 Å². The average Bonchev–Trinajstić information content (AvgIpc) is 2.32. The molecular formula is C15H31NO. The van der Waals surface area contributed by atoms with Crippen molar-refractivity contribution < 1.29 is 4.74 Å². The number of hydrogen-bond acceptors (Lipinski definition) is 2. The van der Waals surface area contributed by atoms with Crippen molar-refractivity contribution in [1.82, 2.24) is 5.32 Å². The van der Waals surface area contributed by atoms with Crippen LogP contribution in [0, 0.1) is 11.8 Å². The largest absolute Gasteiger partial charge is 0.381 e. The van der Waals surface area contributed by atoms with Crippen LogP contribution in [0.5, 0.6) is 0 Å². The Hall–Kier alpha value is -0.0800. The van der Waals surface area contributed by atoms with Gasteiger partial charge in [-0.25, -0.2) is 0 Å². The molecule has 0 aromatic rings. The van der Waals surface area contributed by atoms with E-state index in [2.05, 4.69) is 26.1 Å². The highest BCUT2D eigenvalue weighted by molar-refractivity contribution is 4.83. The highest BCUT2D eigenvalue weighted by Gasteiger charge is 2.27. The van der Waals surface area contributed by atoms with E-state index in [0.29, 0.717) is 0 Å². The zero-order valence-corrected chi connectivity index (χ0v) is 12.0. The number of hydrogen-bond donors (Lipinski definition) is 1. The van der Waals surface area contributed by atoms with E-state index in [9.17, 15) is 0 Å². The minimum Gasteiger partial charge on any atom is -0.381 e. The van der Waals surface area contributed by atoms with Crippen LogP contribution < -0.4 is 5.32 Å². The number of unbranched alkanes of at least 4 members (excludes halogenated alkanes) is 1. The third-order valence-corrected chi connectivity index (χ3v) is 3.99. The number of nitrogens with one attached hydrogen (secondary N) is 1. The molecule has 1 rings (SSSR count). The molecule has 0 saturated heterocycles. The molecule has 1 N–H and O–H groups in total. The molecule has 0 heterocycles. The van der Waals surface area contributed by atoms with Crippen LogP contribution in [0.4, 0.5) is 0 Å². The summed E-state index contributed by atoms with van der Waals surface area (Å²) in [6.45, 7) is 9.84. The van der Waals surface area contributed by atoms with E-state index in [1.165, 1.54) is 38.5 Å². The van der Waals surface area contributed by atoms with Gasteiger partial charge in [0.1, 0.15) is 0 Å². The van der Waals surface area contributed by atoms with Crippen LogP contribution in [0.2, 0.25) is 0 Å². The molecule has 1 aliphatic carbocycles. The van der Waals surface area contributed by atoms with Gasteiger partial charge in [-0.3, -0.25) is 0 Å². The fourth-order valence-electron chi connectivity index (χ4n) is 2.93. The van der Waals surface area contributed by atoms with Crippen LogP contribution in [0.15, 0.2) is 0 Å². The van der Waals surface area contributed by atoms with Crippen molar-refractivity contribution in [2.24, 2.45) is 11.8 Å². The molecule has 17 heavy (non-hydrogen) atoms. The Morgan fingerprint density at radius 2 is 2.00 bits per heavy atom. The lowest BCUT2D eigenvalue weighted by atomic mass is 9.77. The molecule has 0 amide bonds. The maximum absolute atomic E-state index is 5.71. The van der Waals surface area contributed by atoms with E-state index in [1.807, 2.05) is 0 Å². The van der Waals surface area contributed by atoms with Crippen molar-refractivity contribution in [3.05, 3.63) is 0 Å². The predicted molar refractivity (Wildman–Crippen MR) is 74.3 cm³/mol. The molecule has 2 nitrogen and oxygen atoms in total. The first-order valence-corrected chi connectivity index (χ1v) is 7.59. The summed E-state index contributed by atoms with van der Waals surface area (Å²) in [6, 6.07) is 0.742. The highest BCUT2D eigenvalue weighted by atomic mass is 16.5. The SMILES string of the molecule is CCCCOCCC1CC(C)CCC1NCC. The van der Waals surface area contributed by atoms with Gasteiger partial charge >= 0.3 is 0 Å². The zero-order valence-electron chi connectivity index (χ0n) is 12.0. The van der Waals surface area contributed by atoms with Crippen LogP contribution in [0.25, 0.3) is 0 Å². The molecule has 0 radical (unpaired) electrons. The van der Waals surface area contributed by atoms with Gasteiger partial charge in [-0.05, 0) is 50.5 Å². The maximum Gasteiger partial charge on any atom is 0.0469 e. The molecule has 0 aliphatic heterocycles. The molecular weight excluding hydrogens is 210 g/mol. The first-order valence-electron chi connectivity index (χ1n) is 7.59. The van der Waals surface area contributed by atoms with Crippen LogP contribution >= 0.6 is 0 Å². The van der Waals surface area contributed by atoms with Crippen molar-refractivity contribution in [3.8, 4) is 0 Å². The van der Waals surface area contributed by atoms with E-state index in [4.69, 9.17) is 4.74 Å². The lowest BCUT2D eigenvalue weighted by Crippen LogP contribution is -2.40. The van der Waals surface area contributed by atoms with E-state index in [-0.39, 0.29) is 0 Å². The smallest absolute Gasteiger partial charge is 0.0469 e. The monoisotopic (exact) mass is 241 g/mol. The predicted octanol–water partition coefficient (Wildman–Crippen LogP) is 3.61. The Balaban J connectivity index is 2.21. The summed E-state index contributed by atoms with van der Waals surface area (Å²) in [5, 5.41) is 3.65. The molecule has 2 heteroatoms. The molecule has 0 aromatic heterocycles. The molecule has 0 aromatic carbocycles. The minimum atomic E-state index is 0.742. The highest BCUT2D eigenvalue weighted by Crippen LogP contribution is 2.31. The lowest BCUT2D eigenvalue weighted by molar-refractivity contribution is 0.0964. The van der Waals surface area contributed by atoms with Gasteiger partial charge in [0.05, 0.1) is 0 Å². The van der Waals surface area contributed by atoms with E-state index >= 15 is 0 Å². The topological polar surface area (TPSA) is 21.3 Å². The molecule has 1 fully saturated rings. The van der Waals surface area contributed by atoms with Crippen molar-refractivity contribution in [2.45, 2.75) is 65.3 Å². The molecule has 102 valence electrons. The standard InChI is InChI=1S/C15H31NO/c1-4-6-10-17-11-9-14-12-13(3)7-8-15(14)16-5-2/h13-16H,4-12H2,1-3H3. The van der Waals surface area contributed by atoms with Gasteiger partial charge in [0, 0.05) is 19.3 Å². The van der Waals surface area contributed by atoms with Crippen molar-refractivity contribution in [3.63, 3.8) is 0 Å². The molecule has 3 atom stereocenters. The quantitative estimate of drug-likeness (QED) is 0.656. The fraction of sp³-hybridized carbons (Fsp3) is 1.00. The van der Waals surface area contributed by atoms with Gasteiger partial charge in [-0.2, -0.15) is 0 Å². The normalized spacial score (nSPS) is 29.5. The first-order chi connectivity index (χ1) is 8.27. The van der Waals surface area contributed by atoms with Crippen molar-refractivity contribution in [1.29, 1.82) is 0 Å². The summed E-state index contributed by atoms with van der Waals surface area (Å²) in [5.41, 5.74) is 0. The third kappa shape index (κ3) is 5.87. The summed E-state index contributed by atoms with van der Waals surface area (Å²) in [4.78, 5) is 0. The first kappa shape index (κ1) is 15.0. The van der Waals surface area contributed by atoms with Crippen molar-refractivity contribution in [2.75, 3.05) is 19.8 Å². The Labute approximate surface area is 108 Å². The second-order valence-electron chi connectivity index (χ2n) is 5.60. The third-order valence-electron chi connectivity index (χ3n) is 3.99. The van der Waals surface area contributed by atoms with Crippen molar-refractivity contribution >= 4 is 0 Å². The fourth-order valence-corrected chi connectivity index (χ4v) is 2.93. The number of rotatable bonds is 8. The molecule has 0 bridgehead atoms. The summed E-state index contributed by atoms with van der Waals surface area (Å²) in [5.74, 6) is 1.74. The summed E-state index contributed by atoms with van der Waals surface area (Å²) in [6.07, 6.45) is 7.82. The zero-order chi connectivity index (χ0) is 12.5. The molecule has 0 spiro atoms. The van der Waals surface area contributed by atoms with Gasteiger partial charge in [0.15, 0.2) is 0 Å². The average molecular weight is 241 g/mol. The second kappa shape index (κ2) is 8.93. The Bertz CT molecular complexity index is 184. The Morgan fingerprint density at radius 3 is 2.71 bits per heavy atom. The van der Waals surface area contributed by atoms with Gasteiger partial charge < -0.3 is 10.1 Å². The van der Waals surface area contributed by atoms with Gasteiger partial charge in [-0.15, -0.1) is 0 Å². The van der Waals surface area contributed by atoms with Crippen LogP contribution in [-0.2, 0) is 4.74 Å². The maximum atomic E-state index is 5.71. The molecule has 3 unspecified atom stereocenters. The van der Waals surface area contributed by atoms with Crippen LogP contribution in [0.3, 0.4) is 0 Å². The van der Waals surface area contributed by atoms with Gasteiger partial charge in [-0.1, -0.05) is 27.2 Å². The minimum absolute atomic E-state index is 0.742. The Morgan fingerprint density at radius 1 is 1.18 bits per heavy atom. The van der Waals surface area contributed by atoms with Crippen LogP contribution in [0.1, 0.15) is 59.3 Å². The molecule has 1 aliphatic rings. The lowest BCUT2D eigenvalue weighted by Gasteiger charge is -2.35. The summed E-state index contributed by atoms with van der Waals surface area (Å²) < 4.78 is 5.71. The second-order valence-corrected chi connectivity index (χ2v) is 5.60. The van der Waals surface area contributed by atoms with E-state index in [1.54, 1.807) is 0 Å². The van der Waals surface area contributed by atoms with Gasteiger partial charge in [0.2, 0.25) is 0 Å². The summed E-state index contributed by atoms with van der Waals surface area (Å²) >= 11 is 0. The van der Waals surface area contributed by atoms with Crippen LogP contribution in [-0.4, -0.2) is 25.8 Å². The number of ether oxygens (including phenoxy) is 1. The van der Waals surface area contributed by atoms with E-state index in [0.717, 1.165) is 37.6 Å². The summed E-state index contributed by atoms with van der Waals surface area (Å²) in [7, 11) is 0. The Kier molecular flexibility index (Phi) is 7.87.